The van der Waals surface area contributed by atoms with Crippen molar-refractivity contribution in [3.05, 3.63) is 28.8 Å². The standard InChI is InChI=1S/C16H27ClN2O/c1-12(2)9-18-10-13-7-6-8-14(17)15(13)19(5)11-16(3,4)20/h6-8,12,18,20H,9-11H2,1-5H3. The van der Waals surface area contributed by atoms with Gasteiger partial charge in [0.25, 0.3) is 0 Å². The first-order valence-corrected chi connectivity index (χ1v) is 7.50. The Morgan fingerprint density at radius 3 is 2.55 bits per heavy atom. The SMILES string of the molecule is CC(C)CNCc1cccc(Cl)c1N(C)CC(C)(C)O. The lowest BCUT2D eigenvalue weighted by atomic mass is 10.1. The zero-order valence-corrected chi connectivity index (χ0v) is 14.0. The zero-order valence-electron chi connectivity index (χ0n) is 13.2. The molecule has 0 aliphatic heterocycles. The maximum absolute atomic E-state index is 9.98. The second kappa shape index (κ2) is 7.30. The summed E-state index contributed by atoms with van der Waals surface area (Å²) in [4.78, 5) is 2.02. The van der Waals surface area contributed by atoms with E-state index >= 15 is 0 Å². The van der Waals surface area contributed by atoms with Crippen molar-refractivity contribution < 1.29 is 5.11 Å². The number of hydrogen-bond donors (Lipinski definition) is 2. The number of hydrogen-bond acceptors (Lipinski definition) is 3. The Balaban J connectivity index is 2.87. The third-order valence-corrected chi connectivity index (χ3v) is 3.25. The number of rotatable bonds is 7. The monoisotopic (exact) mass is 298 g/mol. The van der Waals surface area contributed by atoms with Crippen LogP contribution in [0.2, 0.25) is 5.02 Å². The van der Waals surface area contributed by atoms with Crippen LogP contribution in [0.1, 0.15) is 33.3 Å². The van der Waals surface area contributed by atoms with Crippen LogP contribution >= 0.6 is 11.6 Å². The summed E-state index contributed by atoms with van der Waals surface area (Å²) in [5.41, 5.74) is 1.40. The molecule has 0 heterocycles. The van der Waals surface area contributed by atoms with E-state index in [1.54, 1.807) is 13.8 Å². The van der Waals surface area contributed by atoms with Gasteiger partial charge in [-0.1, -0.05) is 37.6 Å². The molecule has 0 spiro atoms. The molecule has 0 radical (unpaired) electrons. The molecule has 1 aromatic carbocycles. The van der Waals surface area contributed by atoms with Gasteiger partial charge in [0.15, 0.2) is 0 Å². The highest BCUT2D eigenvalue weighted by atomic mass is 35.5. The summed E-state index contributed by atoms with van der Waals surface area (Å²) in [7, 11) is 1.96. The Morgan fingerprint density at radius 1 is 1.35 bits per heavy atom. The Hall–Kier alpha value is -0.770. The average Bonchev–Trinajstić information content (AvgIpc) is 2.25. The fourth-order valence-electron chi connectivity index (χ4n) is 2.29. The molecular formula is C16H27ClN2O. The van der Waals surface area contributed by atoms with Crippen LogP contribution in [0.4, 0.5) is 5.69 Å². The fraction of sp³-hybridized carbons (Fsp3) is 0.625. The maximum Gasteiger partial charge on any atom is 0.0765 e. The van der Waals surface area contributed by atoms with Crippen LogP contribution in [0.15, 0.2) is 18.2 Å². The van der Waals surface area contributed by atoms with Crippen molar-refractivity contribution in [3.63, 3.8) is 0 Å². The van der Waals surface area contributed by atoms with Crippen molar-refractivity contribution in [1.29, 1.82) is 0 Å². The number of aliphatic hydroxyl groups is 1. The van der Waals surface area contributed by atoms with Crippen molar-refractivity contribution in [1.82, 2.24) is 5.32 Å². The van der Waals surface area contributed by atoms with E-state index in [1.165, 1.54) is 0 Å². The van der Waals surface area contributed by atoms with Crippen molar-refractivity contribution in [2.45, 2.75) is 39.8 Å². The van der Waals surface area contributed by atoms with Crippen molar-refractivity contribution in [3.8, 4) is 0 Å². The van der Waals surface area contributed by atoms with Gasteiger partial charge in [-0.05, 0) is 37.9 Å². The van der Waals surface area contributed by atoms with Crippen LogP contribution < -0.4 is 10.2 Å². The van der Waals surface area contributed by atoms with Crippen LogP contribution in [0, 0.1) is 5.92 Å². The summed E-state index contributed by atoms with van der Waals surface area (Å²) in [5, 5.41) is 14.1. The number of halogens is 1. The summed E-state index contributed by atoms with van der Waals surface area (Å²) < 4.78 is 0. The van der Waals surface area contributed by atoms with E-state index in [0.29, 0.717) is 12.5 Å². The first-order chi connectivity index (χ1) is 9.20. The first kappa shape index (κ1) is 17.3. The number of nitrogens with one attached hydrogen (secondary N) is 1. The van der Waals surface area contributed by atoms with Crippen molar-refractivity contribution in [2.75, 3.05) is 25.0 Å². The Morgan fingerprint density at radius 2 is 2.00 bits per heavy atom. The molecule has 0 amide bonds. The third kappa shape index (κ3) is 5.70. The Bertz CT molecular complexity index is 427. The van der Waals surface area contributed by atoms with E-state index in [9.17, 15) is 5.11 Å². The summed E-state index contributed by atoms with van der Waals surface area (Å²) in [6.07, 6.45) is 0. The molecule has 2 N–H and O–H groups in total. The summed E-state index contributed by atoms with van der Waals surface area (Å²) in [6, 6.07) is 5.94. The van der Waals surface area contributed by atoms with Gasteiger partial charge >= 0.3 is 0 Å². The van der Waals surface area contributed by atoms with E-state index in [1.807, 2.05) is 24.1 Å². The molecule has 0 aliphatic carbocycles. The lowest BCUT2D eigenvalue weighted by molar-refractivity contribution is 0.0886. The smallest absolute Gasteiger partial charge is 0.0765 e. The van der Waals surface area contributed by atoms with E-state index in [2.05, 4.69) is 25.2 Å². The molecule has 4 heteroatoms. The second-order valence-corrected chi connectivity index (χ2v) is 6.85. The van der Waals surface area contributed by atoms with E-state index < -0.39 is 5.60 Å². The average molecular weight is 299 g/mol. The highest BCUT2D eigenvalue weighted by Gasteiger charge is 2.19. The topological polar surface area (TPSA) is 35.5 Å². The molecule has 1 aromatic rings. The van der Waals surface area contributed by atoms with Crippen molar-refractivity contribution >= 4 is 17.3 Å². The predicted molar refractivity (Wildman–Crippen MR) is 87.6 cm³/mol. The first-order valence-electron chi connectivity index (χ1n) is 7.12. The highest BCUT2D eigenvalue weighted by Crippen LogP contribution is 2.30. The molecule has 0 aromatic heterocycles. The molecule has 0 saturated carbocycles. The largest absolute Gasteiger partial charge is 0.389 e. The molecule has 114 valence electrons. The molecule has 0 saturated heterocycles. The van der Waals surface area contributed by atoms with Crippen LogP contribution in [0.3, 0.4) is 0 Å². The van der Waals surface area contributed by atoms with Gasteiger partial charge in [0.1, 0.15) is 0 Å². The molecule has 1 rings (SSSR count). The van der Waals surface area contributed by atoms with Gasteiger partial charge in [-0.2, -0.15) is 0 Å². The fourth-order valence-corrected chi connectivity index (χ4v) is 2.62. The second-order valence-electron chi connectivity index (χ2n) is 6.44. The summed E-state index contributed by atoms with van der Waals surface area (Å²) in [6.45, 7) is 10.3. The Labute approximate surface area is 127 Å². The Kier molecular flexibility index (Phi) is 6.31. The van der Waals surface area contributed by atoms with Gasteiger partial charge < -0.3 is 15.3 Å². The summed E-state index contributed by atoms with van der Waals surface area (Å²) in [5.74, 6) is 0.617. The van der Waals surface area contributed by atoms with Gasteiger partial charge in [0.2, 0.25) is 0 Å². The lowest BCUT2D eigenvalue weighted by Crippen LogP contribution is -2.37. The van der Waals surface area contributed by atoms with Gasteiger partial charge in [-0.3, -0.25) is 0 Å². The quantitative estimate of drug-likeness (QED) is 0.811. The van der Waals surface area contributed by atoms with Crippen LogP contribution in [-0.4, -0.2) is 30.8 Å². The number of anilines is 1. The number of nitrogens with zero attached hydrogens (tertiary/aromatic N) is 1. The molecule has 0 atom stereocenters. The zero-order chi connectivity index (χ0) is 15.3. The molecule has 0 unspecified atom stereocenters. The van der Waals surface area contributed by atoms with Crippen LogP contribution in [0.25, 0.3) is 0 Å². The highest BCUT2D eigenvalue weighted by molar-refractivity contribution is 6.33. The molecular weight excluding hydrogens is 272 g/mol. The molecule has 20 heavy (non-hydrogen) atoms. The predicted octanol–water partition coefficient (Wildman–Crippen LogP) is 3.29. The molecule has 3 nitrogen and oxygen atoms in total. The number of para-hydroxylation sites is 1. The molecule has 0 bridgehead atoms. The van der Waals surface area contributed by atoms with Gasteiger partial charge in [0.05, 0.1) is 16.3 Å². The van der Waals surface area contributed by atoms with E-state index in [-0.39, 0.29) is 0 Å². The van der Waals surface area contributed by atoms with Crippen LogP contribution in [0.5, 0.6) is 0 Å². The molecule has 0 aliphatic rings. The third-order valence-electron chi connectivity index (χ3n) is 2.94. The van der Waals surface area contributed by atoms with Gasteiger partial charge in [-0.25, -0.2) is 0 Å². The lowest BCUT2D eigenvalue weighted by Gasteiger charge is -2.29. The minimum Gasteiger partial charge on any atom is -0.389 e. The maximum atomic E-state index is 9.98. The molecule has 0 fully saturated rings. The van der Waals surface area contributed by atoms with Crippen molar-refractivity contribution in [2.24, 2.45) is 5.92 Å². The number of benzene rings is 1. The van der Waals surface area contributed by atoms with E-state index in [4.69, 9.17) is 11.6 Å². The minimum atomic E-state index is -0.753. The van der Waals surface area contributed by atoms with Crippen LogP contribution in [-0.2, 0) is 6.54 Å². The van der Waals surface area contributed by atoms with Gasteiger partial charge in [0, 0.05) is 20.1 Å². The summed E-state index contributed by atoms with van der Waals surface area (Å²) >= 11 is 6.34. The number of likely N-dealkylation sites (N-methyl/N-ethyl adjacent to an activating group) is 1. The normalized spacial score (nSPS) is 12.0. The minimum absolute atomic E-state index is 0.536. The van der Waals surface area contributed by atoms with E-state index in [0.717, 1.165) is 29.4 Å². The van der Waals surface area contributed by atoms with Gasteiger partial charge in [-0.15, -0.1) is 0 Å².